The Morgan fingerprint density at radius 2 is 2.00 bits per heavy atom. The monoisotopic (exact) mass is 283 g/mol. The van der Waals surface area contributed by atoms with Crippen molar-refractivity contribution in [3.8, 4) is 0 Å². The van der Waals surface area contributed by atoms with Crippen LogP contribution in [0.5, 0.6) is 0 Å². The summed E-state index contributed by atoms with van der Waals surface area (Å²) >= 11 is 0. The number of carbonyl (C=O) groups excluding carboxylic acids is 1. The molecule has 0 spiro atoms. The summed E-state index contributed by atoms with van der Waals surface area (Å²) < 4.78 is 0. The molecule has 0 saturated carbocycles. The van der Waals surface area contributed by atoms with E-state index in [2.05, 4.69) is 10.3 Å². The Morgan fingerprint density at radius 3 is 2.67 bits per heavy atom. The third-order valence-corrected chi connectivity index (χ3v) is 3.60. The van der Waals surface area contributed by atoms with Gasteiger partial charge in [-0.15, -0.1) is 0 Å². The third-order valence-electron chi connectivity index (χ3n) is 3.60. The Kier molecular flexibility index (Phi) is 5.32. The van der Waals surface area contributed by atoms with Crippen LogP contribution >= 0.6 is 0 Å². The van der Waals surface area contributed by atoms with Gasteiger partial charge in [-0.25, -0.2) is 4.79 Å². The summed E-state index contributed by atoms with van der Waals surface area (Å²) in [6.07, 6.45) is 4.35. The SMILES string of the molecule is C[C@H](c1ccccc1)N(C)C(=O)NCCc1cccnc1. The predicted molar refractivity (Wildman–Crippen MR) is 84.0 cm³/mol. The largest absolute Gasteiger partial charge is 0.338 e. The second-order valence-corrected chi connectivity index (χ2v) is 5.04. The third kappa shape index (κ3) is 4.31. The molecule has 21 heavy (non-hydrogen) atoms. The number of pyridine rings is 1. The van der Waals surface area contributed by atoms with E-state index in [9.17, 15) is 4.79 Å². The summed E-state index contributed by atoms with van der Waals surface area (Å²) in [6.45, 7) is 2.63. The van der Waals surface area contributed by atoms with Gasteiger partial charge in [-0.05, 0) is 30.5 Å². The molecule has 0 aliphatic heterocycles. The molecule has 0 aliphatic carbocycles. The molecule has 0 fully saturated rings. The summed E-state index contributed by atoms with van der Waals surface area (Å²) in [5.74, 6) is 0. The molecule has 2 aromatic rings. The van der Waals surface area contributed by atoms with Gasteiger partial charge in [0, 0.05) is 26.0 Å². The molecule has 2 amide bonds. The molecule has 0 radical (unpaired) electrons. The van der Waals surface area contributed by atoms with Gasteiger partial charge in [0.15, 0.2) is 0 Å². The number of rotatable bonds is 5. The number of urea groups is 1. The van der Waals surface area contributed by atoms with Gasteiger partial charge in [-0.3, -0.25) is 4.98 Å². The number of nitrogens with one attached hydrogen (secondary N) is 1. The molecule has 1 atom stereocenters. The smallest absolute Gasteiger partial charge is 0.317 e. The summed E-state index contributed by atoms with van der Waals surface area (Å²) in [5, 5.41) is 2.94. The van der Waals surface area contributed by atoms with Crippen molar-refractivity contribution in [2.45, 2.75) is 19.4 Å². The van der Waals surface area contributed by atoms with Gasteiger partial charge in [-0.2, -0.15) is 0 Å². The number of carbonyl (C=O) groups is 1. The highest BCUT2D eigenvalue weighted by Crippen LogP contribution is 2.17. The molecule has 1 aromatic heterocycles. The van der Waals surface area contributed by atoms with Gasteiger partial charge in [0.25, 0.3) is 0 Å². The summed E-state index contributed by atoms with van der Waals surface area (Å²) in [4.78, 5) is 17.9. The fraction of sp³-hybridized carbons (Fsp3) is 0.294. The zero-order chi connectivity index (χ0) is 15.1. The van der Waals surface area contributed by atoms with Crippen LogP contribution in [-0.2, 0) is 6.42 Å². The lowest BCUT2D eigenvalue weighted by Crippen LogP contribution is -2.39. The van der Waals surface area contributed by atoms with Crippen molar-refractivity contribution >= 4 is 6.03 Å². The highest BCUT2D eigenvalue weighted by Gasteiger charge is 2.16. The molecule has 0 saturated heterocycles. The average molecular weight is 283 g/mol. The zero-order valence-corrected chi connectivity index (χ0v) is 12.5. The second-order valence-electron chi connectivity index (χ2n) is 5.04. The minimum atomic E-state index is -0.0600. The van der Waals surface area contributed by atoms with Gasteiger partial charge in [0.1, 0.15) is 0 Å². The summed E-state index contributed by atoms with van der Waals surface area (Å²) in [7, 11) is 1.82. The molecule has 0 bridgehead atoms. The van der Waals surface area contributed by atoms with E-state index in [1.807, 2.05) is 62.6 Å². The minimum absolute atomic E-state index is 0.0459. The number of aromatic nitrogens is 1. The van der Waals surface area contributed by atoms with E-state index in [0.29, 0.717) is 6.54 Å². The van der Waals surface area contributed by atoms with Crippen LogP contribution in [0.25, 0.3) is 0 Å². The quantitative estimate of drug-likeness (QED) is 0.916. The number of hydrogen-bond acceptors (Lipinski definition) is 2. The Labute approximate surface area is 125 Å². The first kappa shape index (κ1) is 15.0. The van der Waals surface area contributed by atoms with Crippen LogP contribution in [0.2, 0.25) is 0 Å². The first-order valence-electron chi connectivity index (χ1n) is 7.13. The number of nitrogens with zero attached hydrogens (tertiary/aromatic N) is 2. The molecule has 4 nitrogen and oxygen atoms in total. The van der Waals surface area contributed by atoms with Gasteiger partial charge in [0.05, 0.1) is 6.04 Å². The normalized spacial score (nSPS) is 11.7. The number of hydrogen-bond donors (Lipinski definition) is 1. The number of amides is 2. The van der Waals surface area contributed by atoms with Crippen LogP contribution < -0.4 is 5.32 Å². The van der Waals surface area contributed by atoms with Crippen molar-refractivity contribution in [3.05, 3.63) is 66.0 Å². The van der Waals surface area contributed by atoms with Crippen LogP contribution in [0, 0.1) is 0 Å². The molecule has 110 valence electrons. The standard InChI is InChI=1S/C17H21N3O/c1-14(16-8-4-3-5-9-16)20(2)17(21)19-12-10-15-7-6-11-18-13-15/h3-9,11,13-14H,10,12H2,1-2H3,(H,19,21)/t14-/m1/s1. The molecule has 2 rings (SSSR count). The first-order chi connectivity index (χ1) is 10.2. The Balaban J connectivity index is 1.82. The topological polar surface area (TPSA) is 45.2 Å². The number of benzene rings is 1. The summed E-state index contributed by atoms with van der Waals surface area (Å²) in [6, 6.07) is 13.9. The van der Waals surface area contributed by atoms with Crippen LogP contribution in [-0.4, -0.2) is 29.5 Å². The van der Waals surface area contributed by atoms with Crippen molar-refractivity contribution in [2.75, 3.05) is 13.6 Å². The first-order valence-corrected chi connectivity index (χ1v) is 7.13. The Hall–Kier alpha value is -2.36. The van der Waals surface area contributed by atoms with Crippen LogP contribution in [0.3, 0.4) is 0 Å². The van der Waals surface area contributed by atoms with E-state index in [4.69, 9.17) is 0 Å². The Morgan fingerprint density at radius 1 is 1.24 bits per heavy atom. The van der Waals surface area contributed by atoms with E-state index < -0.39 is 0 Å². The van der Waals surface area contributed by atoms with Gasteiger partial charge in [0.2, 0.25) is 0 Å². The van der Waals surface area contributed by atoms with Crippen molar-refractivity contribution in [1.29, 1.82) is 0 Å². The molecule has 1 N–H and O–H groups in total. The van der Waals surface area contributed by atoms with Crippen molar-refractivity contribution in [2.24, 2.45) is 0 Å². The van der Waals surface area contributed by atoms with Gasteiger partial charge in [-0.1, -0.05) is 36.4 Å². The Bertz CT molecular complexity index is 557. The summed E-state index contributed by atoms with van der Waals surface area (Å²) in [5.41, 5.74) is 2.25. The van der Waals surface area contributed by atoms with Gasteiger partial charge < -0.3 is 10.2 Å². The lowest BCUT2D eigenvalue weighted by atomic mass is 10.1. The van der Waals surface area contributed by atoms with Crippen LogP contribution in [0.4, 0.5) is 4.79 Å². The minimum Gasteiger partial charge on any atom is -0.338 e. The van der Waals surface area contributed by atoms with E-state index in [-0.39, 0.29) is 12.1 Å². The molecule has 1 heterocycles. The van der Waals surface area contributed by atoms with Crippen molar-refractivity contribution in [3.63, 3.8) is 0 Å². The predicted octanol–water partition coefficient (Wildman–Crippen LogP) is 3.03. The van der Waals surface area contributed by atoms with E-state index in [1.54, 1.807) is 11.1 Å². The van der Waals surface area contributed by atoms with E-state index in [1.165, 1.54) is 0 Å². The second kappa shape index (κ2) is 7.43. The van der Waals surface area contributed by atoms with Gasteiger partial charge >= 0.3 is 6.03 Å². The highest BCUT2D eigenvalue weighted by molar-refractivity contribution is 5.74. The van der Waals surface area contributed by atoms with Crippen LogP contribution in [0.15, 0.2) is 54.9 Å². The highest BCUT2D eigenvalue weighted by atomic mass is 16.2. The lowest BCUT2D eigenvalue weighted by molar-refractivity contribution is 0.194. The fourth-order valence-corrected chi connectivity index (χ4v) is 2.12. The lowest BCUT2D eigenvalue weighted by Gasteiger charge is -2.25. The molecule has 0 unspecified atom stereocenters. The van der Waals surface area contributed by atoms with Crippen molar-refractivity contribution in [1.82, 2.24) is 15.2 Å². The maximum Gasteiger partial charge on any atom is 0.317 e. The average Bonchev–Trinajstić information content (AvgIpc) is 2.55. The van der Waals surface area contributed by atoms with Crippen molar-refractivity contribution < 1.29 is 4.79 Å². The fourth-order valence-electron chi connectivity index (χ4n) is 2.12. The van der Waals surface area contributed by atoms with Crippen LogP contribution in [0.1, 0.15) is 24.1 Å². The maximum absolute atomic E-state index is 12.1. The molecule has 0 aliphatic rings. The zero-order valence-electron chi connectivity index (χ0n) is 12.5. The molecule has 1 aromatic carbocycles. The molecular weight excluding hydrogens is 262 g/mol. The maximum atomic E-state index is 12.1. The van der Waals surface area contributed by atoms with E-state index in [0.717, 1.165) is 17.5 Å². The van der Waals surface area contributed by atoms with E-state index >= 15 is 0 Å². The molecule has 4 heteroatoms. The molecular formula is C17H21N3O.